The molecule has 0 bridgehead atoms. The van der Waals surface area contributed by atoms with Crippen LogP contribution in [0.15, 0.2) is 41.0 Å². The Morgan fingerprint density at radius 1 is 1.35 bits per heavy atom. The molecule has 0 saturated heterocycles. The Morgan fingerprint density at radius 3 is 2.80 bits per heavy atom. The van der Waals surface area contributed by atoms with Crippen LogP contribution in [0.1, 0.15) is 21.6 Å². The Bertz CT molecular complexity index is 616. The number of hydrogen-bond donors (Lipinski definition) is 2. The molecule has 3 N–H and O–H groups in total. The van der Waals surface area contributed by atoms with E-state index in [1.165, 1.54) is 6.07 Å². The smallest absolute Gasteiger partial charge is 0.270 e. The van der Waals surface area contributed by atoms with Crippen molar-refractivity contribution >= 4 is 21.8 Å². The predicted octanol–water partition coefficient (Wildman–Crippen LogP) is 2.37. The molecule has 20 heavy (non-hydrogen) atoms. The molecule has 1 heterocycles. The van der Waals surface area contributed by atoms with Gasteiger partial charge in [-0.2, -0.15) is 0 Å². The van der Waals surface area contributed by atoms with E-state index in [0.29, 0.717) is 12.1 Å². The number of amides is 1. The van der Waals surface area contributed by atoms with Gasteiger partial charge in [-0.3, -0.25) is 9.78 Å². The highest BCUT2D eigenvalue weighted by Crippen LogP contribution is 2.15. The van der Waals surface area contributed by atoms with E-state index in [1.807, 2.05) is 0 Å². The molecule has 6 heteroatoms. The zero-order valence-corrected chi connectivity index (χ0v) is 12.2. The quantitative estimate of drug-likeness (QED) is 0.899. The average molecular weight is 338 g/mol. The van der Waals surface area contributed by atoms with Gasteiger partial charge in [0.2, 0.25) is 0 Å². The minimum atomic E-state index is -0.361. The summed E-state index contributed by atoms with van der Waals surface area (Å²) < 4.78 is 14.3. The number of rotatable bonds is 4. The minimum Gasteiger partial charge on any atom is -0.347 e. The molecule has 1 aromatic heterocycles. The van der Waals surface area contributed by atoms with Crippen LogP contribution in [0.2, 0.25) is 0 Å². The fourth-order valence-corrected chi connectivity index (χ4v) is 2.03. The lowest BCUT2D eigenvalue weighted by Gasteiger charge is -2.07. The summed E-state index contributed by atoms with van der Waals surface area (Å²) in [4.78, 5) is 15.9. The van der Waals surface area contributed by atoms with Crippen molar-refractivity contribution < 1.29 is 9.18 Å². The Balaban J connectivity index is 2.02. The Labute approximate surface area is 124 Å². The van der Waals surface area contributed by atoms with Crippen LogP contribution in [0.5, 0.6) is 0 Å². The van der Waals surface area contributed by atoms with Gasteiger partial charge < -0.3 is 11.1 Å². The number of nitrogens with two attached hydrogens (primary N) is 1. The van der Waals surface area contributed by atoms with E-state index in [-0.39, 0.29) is 24.0 Å². The highest BCUT2D eigenvalue weighted by atomic mass is 79.9. The van der Waals surface area contributed by atoms with Crippen molar-refractivity contribution in [2.45, 2.75) is 13.1 Å². The van der Waals surface area contributed by atoms with Crippen molar-refractivity contribution in [1.29, 1.82) is 0 Å². The number of nitrogens with one attached hydrogen (secondary N) is 1. The first-order valence-corrected chi connectivity index (χ1v) is 6.76. The van der Waals surface area contributed by atoms with Gasteiger partial charge in [0.1, 0.15) is 11.5 Å². The van der Waals surface area contributed by atoms with Crippen LogP contribution in [-0.4, -0.2) is 10.9 Å². The van der Waals surface area contributed by atoms with E-state index in [1.54, 1.807) is 30.5 Å². The van der Waals surface area contributed by atoms with Crippen molar-refractivity contribution in [2.24, 2.45) is 5.73 Å². The van der Waals surface area contributed by atoms with Crippen LogP contribution < -0.4 is 11.1 Å². The number of halogens is 2. The van der Waals surface area contributed by atoms with Gasteiger partial charge in [0.15, 0.2) is 0 Å². The second-order valence-electron chi connectivity index (χ2n) is 4.17. The van der Waals surface area contributed by atoms with E-state index in [0.717, 1.165) is 10.0 Å². The Morgan fingerprint density at radius 2 is 2.15 bits per heavy atom. The van der Waals surface area contributed by atoms with E-state index >= 15 is 0 Å². The van der Waals surface area contributed by atoms with Gasteiger partial charge in [-0.15, -0.1) is 0 Å². The summed E-state index contributed by atoms with van der Waals surface area (Å²) in [5.41, 5.74) is 6.99. The molecule has 0 radical (unpaired) electrons. The van der Waals surface area contributed by atoms with Crippen molar-refractivity contribution in [1.82, 2.24) is 10.3 Å². The topological polar surface area (TPSA) is 68.0 Å². The van der Waals surface area contributed by atoms with Crippen LogP contribution in [0, 0.1) is 5.82 Å². The third kappa shape index (κ3) is 3.61. The molecule has 0 aliphatic carbocycles. The number of hydrogen-bond acceptors (Lipinski definition) is 3. The molecule has 2 aromatic rings. The van der Waals surface area contributed by atoms with Gasteiger partial charge in [0.05, 0.1) is 0 Å². The summed E-state index contributed by atoms with van der Waals surface area (Å²) in [6, 6.07) is 7.91. The summed E-state index contributed by atoms with van der Waals surface area (Å²) in [7, 11) is 0. The molecular formula is C14H13BrFN3O. The molecule has 4 nitrogen and oxygen atoms in total. The standard InChI is InChI=1S/C14H13BrFN3O/c15-11-2-3-12(16)10(5-11)8-19-14(20)13-4-1-9(6-17)7-18-13/h1-5,7H,6,8,17H2,(H,19,20). The van der Waals surface area contributed by atoms with Gasteiger partial charge in [-0.05, 0) is 29.8 Å². The van der Waals surface area contributed by atoms with Crippen molar-refractivity contribution in [3.05, 3.63) is 63.6 Å². The lowest BCUT2D eigenvalue weighted by molar-refractivity contribution is 0.0945. The second-order valence-corrected chi connectivity index (χ2v) is 5.09. The van der Waals surface area contributed by atoms with Crippen LogP contribution in [0.3, 0.4) is 0 Å². The molecule has 0 aliphatic rings. The van der Waals surface area contributed by atoms with E-state index in [2.05, 4.69) is 26.2 Å². The highest BCUT2D eigenvalue weighted by Gasteiger charge is 2.09. The minimum absolute atomic E-state index is 0.102. The molecule has 1 amide bonds. The maximum atomic E-state index is 13.5. The van der Waals surface area contributed by atoms with E-state index in [9.17, 15) is 9.18 Å². The SMILES string of the molecule is NCc1ccc(C(=O)NCc2cc(Br)ccc2F)nc1. The van der Waals surface area contributed by atoms with Gasteiger partial charge in [0.25, 0.3) is 5.91 Å². The van der Waals surface area contributed by atoms with Crippen molar-refractivity contribution in [2.75, 3.05) is 0 Å². The number of benzene rings is 1. The van der Waals surface area contributed by atoms with Gasteiger partial charge >= 0.3 is 0 Å². The summed E-state index contributed by atoms with van der Waals surface area (Å²) in [6.07, 6.45) is 1.55. The molecular weight excluding hydrogens is 325 g/mol. The first-order valence-electron chi connectivity index (χ1n) is 5.97. The molecule has 104 valence electrons. The second kappa shape index (κ2) is 6.58. The van der Waals surface area contributed by atoms with Crippen LogP contribution in [0.4, 0.5) is 4.39 Å². The van der Waals surface area contributed by atoms with Crippen LogP contribution in [0.25, 0.3) is 0 Å². The molecule has 0 atom stereocenters. The van der Waals surface area contributed by atoms with Gasteiger partial charge in [0, 0.05) is 29.3 Å². The van der Waals surface area contributed by atoms with Crippen LogP contribution in [-0.2, 0) is 13.1 Å². The molecule has 2 rings (SSSR count). The highest BCUT2D eigenvalue weighted by molar-refractivity contribution is 9.10. The molecule has 0 unspecified atom stereocenters. The lowest BCUT2D eigenvalue weighted by Crippen LogP contribution is -2.24. The zero-order valence-electron chi connectivity index (χ0n) is 10.6. The summed E-state index contributed by atoms with van der Waals surface area (Å²) in [5.74, 6) is -0.715. The summed E-state index contributed by atoms with van der Waals surface area (Å²) >= 11 is 3.26. The molecule has 0 spiro atoms. The molecule has 0 aliphatic heterocycles. The molecule has 0 fully saturated rings. The van der Waals surface area contributed by atoms with E-state index < -0.39 is 0 Å². The summed E-state index contributed by atoms with van der Waals surface area (Å²) in [6.45, 7) is 0.475. The number of pyridine rings is 1. The third-order valence-corrected chi connectivity index (χ3v) is 3.23. The van der Waals surface area contributed by atoms with Gasteiger partial charge in [-0.25, -0.2) is 4.39 Å². The third-order valence-electron chi connectivity index (χ3n) is 2.74. The first-order chi connectivity index (χ1) is 9.60. The Hall–Kier alpha value is -1.79. The zero-order chi connectivity index (χ0) is 14.5. The fraction of sp³-hybridized carbons (Fsp3) is 0.143. The normalized spacial score (nSPS) is 10.3. The van der Waals surface area contributed by atoms with Gasteiger partial charge in [-0.1, -0.05) is 22.0 Å². The summed E-state index contributed by atoms with van der Waals surface area (Å²) in [5, 5.41) is 2.63. The number of carbonyl (C=O) groups excluding carboxylic acids is 1. The monoisotopic (exact) mass is 337 g/mol. The molecule has 0 saturated carbocycles. The number of aromatic nitrogens is 1. The maximum Gasteiger partial charge on any atom is 0.270 e. The van der Waals surface area contributed by atoms with Crippen molar-refractivity contribution in [3.63, 3.8) is 0 Å². The first kappa shape index (κ1) is 14.6. The van der Waals surface area contributed by atoms with Crippen LogP contribution >= 0.6 is 15.9 Å². The predicted molar refractivity (Wildman–Crippen MR) is 77.4 cm³/mol. The maximum absolute atomic E-state index is 13.5. The molecule has 1 aromatic carbocycles. The fourth-order valence-electron chi connectivity index (χ4n) is 1.62. The van der Waals surface area contributed by atoms with Crippen molar-refractivity contribution in [3.8, 4) is 0 Å². The lowest BCUT2D eigenvalue weighted by atomic mass is 10.2. The Kier molecular flexibility index (Phi) is 4.81. The largest absolute Gasteiger partial charge is 0.347 e. The number of carbonyl (C=O) groups is 1. The number of nitrogens with zero attached hydrogens (tertiary/aromatic N) is 1. The average Bonchev–Trinajstić information content (AvgIpc) is 2.48. The van der Waals surface area contributed by atoms with E-state index in [4.69, 9.17) is 5.73 Å².